The molecule has 84 valence electrons. The highest BCUT2D eigenvalue weighted by Crippen LogP contribution is 2.31. The first-order chi connectivity index (χ1) is 7.02. The standard InChI is InChI=1S/C10H13N.BrHO3/c1-7-9-5-3-4-6-10(9)8(2)11-7;2-1(3)4/h3-8,11H,1-2H3;2H. The molecule has 0 saturated carbocycles. The average molecular weight is 276 g/mol. The third-order valence-electron chi connectivity index (χ3n) is 2.43. The van der Waals surface area contributed by atoms with Gasteiger partial charge < -0.3 is 13.7 Å². The summed E-state index contributed by atoms with van der Waals surface area (Å²) in [5.74, 6) is 0. The largest absolute Gasteiger partial charge is 0.433 e. The lowest BCUT2D eigenvalue weighted by Gasteiger charge is -2.04. The number of rotatable bonds is 0. The second kappa shape index (κ2) is 5.58. The molecule has 0 fully saturated rings. The van der Waals surface area contributed by atoms with Crippen LogP contribution < -0.4 is 13.7 Å². The molecule has 4 nitrogen and oxygen atoms in total. The molecular weight excluding hydrogens is 262 g/mol. The topological polar surface area (TPSA) is 78.4 Å². The van der Waals surface area contributed by atoms with Gasteiger partial charge >= 0.3 is 14.8 Å². The monoisotopic (exact) mass is 275 g/mol. The molecule has 0 aliphatic carbocycles. The van der Waals surface area contributed by atoms with Crippen molar-refractivity contribution >= 4 is 0 Å². The van der Waals surface area contributed by atoms with Crippen molar-refractivity contribution in [1.82, 2.24) is 5.32 Å². The number of nitrogens with one attached hydrogen (secondary N) is 1. The summed E-state index contributed by atoms with van der Waals surface area (Å²) in [5, 5.41) is 3.48. The first-order valence-electron chi connectivity index (χ1n) is 4.61. The predicted octanol–water partition coefficient (Wildman–Crippen LogP) is -0.523. The van der Waals surface area contributed by atoms with Crippen molar-refractivity contribution in [2.24, 2.45) is 0 Å². The molecule has 1 heterocycles. The molecule has 0 aromatic heterocycles. The van der Waals surface area contributed by atoms with E-state index >= 15 is 0 Å². The first-order valence-corrected chi connectivity index (χ1v) is 6.62. The quantitative estimate of drug-likeness (QED) is 0.668. The highest BCUT2D eigenvalue weighted by Gasteiger charge is 2.22. The minimum absolute atomic E-state index is 0.529. The summed E-state index contributed by atoms with van der Waals surface area (Å²) in [5.41, 5.74) is 2.92. The molecule has 2 unspecified atom stereocenters. The minimum Gasteiger partial charge on any atom is -0.372 e. The van der Waals surface area contributed by atoms with E-state index in [9.17, 15) is 0 Å². The second-order valence-electron chi connectivity index (χ2n) is 3.44. The Hall–Kier alpha value is -0.460. The van der Waals surface area contributed by atoms with Crippen LogP contribution in [0, 0.1) is 14.8 Å². The normalized spacial score (nSPS) is 23.3. The van der Waals surface area contributed by atoms with Gasteiger partial charge in [-0.25, -0.2) is 0 Å². The Labute approximate surface area is 94.4 Å². The van der Waals surface area contributed by atoms with Crippen LogP contribution in [-0.4, -0.2) is 4.20 Å². The average Bonchev–Trinajstić information content (AvgIpc) is 2.43. The summed E-state index contributed by atoms with van der Waals surface area (Å²) in [4.78, 5) is 0. The lowest BCUT2D eigenvalue weighted by atomic mass is 10.0. The fraction of sp³-hybridized carbons (Fsp3) is 0.400. The van der Waals surface area contributed by atoms with Gasteiger partial charge in [0.2, 0.25) is 0 Å². The molecular formula is C10H14BrNO3. The Kier molecular flexibility index (Phi) is 4.69. The van der Waals surface area contributed by atoms with E-state index in [0.717, 1.165) is 0 Å². The van der Waals surface area contributed by atoms with E-state index in [2.05, 4.69) is 43.4 Å². The van der Waals surface area contributed by atoms with Crippen molar-refractivity contribution in [3.05, 3.63) is 35.4 Å². The summed E-state index contributed by atoms with van der Waals surface area (Å²) in [6.07, 6.45) is 0. The maximum absolute atomic E-state index is 8.63. The molecule has 0 radical (unpaired) electrons. The second-order valence-corrected chi connectivity index (χ2v) is 4.28. The third kappa shape index (κ3) is 3.55. The van der Waals surface area contributed by atoms with Gasteiger partial charge in [-0.15, -0.1) is 0 Å². The summed E-state index contributed by atoms with van der Waals surface area (Å²) < 4.78 is 24.3. The molecule has 1 aromatic carbocycles. The van der Waals surface area contributed by atoms with Gasteiger partial charge in [0, 0.05) is 12.1 Å². The van der Waals surface area contributed by atoms with Gasteiger partial charge in [0.15, 0.2) is 0 Å². The molecule has 2 rings (SSSR count). The van der Waals surface area contributed by atoms with Crippen LogP contribution in [-0.2, 0) is 0 Å². The molecule has 15 heavy (non-hydrogen) atoms. The summed E-state index contributed by atoms with van der Waals surface area (Å²) in [6.45, 7) is 4.42. The van der Waals surface area contributed by atoms with Crippen LogP contribution in [0.4, 0.5) is 0 Å². The van der Waals surface area contributed by atoms with Crippen molar-refractivity contribution in [3.8, 4) is 0 Å². The van der Waals surface area contributed by atoms with Crippen molar-refractivity contribution in [3.63, 3.8) is 0 Å². The number of hydrogen-bond acceptors (Lipinski definition) is 4. The smallest absolute Gasteiger partial charge is 0.372 e. The van der Waals surface area contributed by atoms with Crippen LogP contribution in [0.2, 0.25) is 0 Å². The zero-order chi connectivity index (χ0) is 11.4. The van der Waals surface area contributed by atoms with E-state index in [1.54, 1.807) is 0 Å². The van der Waals surface area contributed by atoms with Gasteiger partial charge in [-0.2, -0.15) is 0 Å². The predicted molar refractivity (Wildman–Crippen MR) is 48.6 cm³/mol. The van der Waals surface area contributed by atoms with Gasteiger partial charge in [0.05, 0.1) is 0 Å². The molecule has 0 bridgehead atoms. The zero-order valence-electron chi connectivity index (χ0n) is 8.61. The maximum atomic E-state index is 8.63. The summed E-state index contributed by atoms with van der Waals surface area (Å²) >= 11 is -3.40. The van der Waals surface area contributed by atoms with E-state index in [1.165, 1.54) is 11.1 Å². The van der Waals surface area contributed by atoms with Crippen molar-refractivity contribution < 1.29 is 27.4 Å². The lowest BCUT2D eigenvalue weighted by Crippen LogP contribution is -2.30. The zero-order valence-corrected chi connectivity index (χ0v) is 10.2. The van der Waals surface area contributed by atoms with Gasteiger partial charge in [-0.1, -0.05) is 24.3 Å². The van der Waals surface area contributed by atoms with Crippen LogP contribution in [0.3, 0.4) is 0 Å². The van der Waals surface area contributed by atoms with E-state index < -0.39 is 14.8 Å². The fourth-order valence-electron chi connectivity index (χ4n) is 1.85. The van der Waals surface area contributed by atoms with Crippen LogP contribution in [0.1, 0.15) is 37.1 Å². The van der Waals surface area contributed by atoms with Crippen LogP contribution in [0.5, 0.6) is 0 Å². The Bertz CT molecular complexity index is 290. The van der Waals surface area contributed by atoms with E-state index in [0.29, 0.717) is 12.1 Å². The molecule has 2 atom stereocenters. The Balaban J connectivity index is 0.000000245. The lowest BCUT2D eigenvalue weighted by molar-refractivity contribution is -1.63. The van der Waals surface area contributed by atoms with E-state index in [4.69, 9.17) is 12.6 Å². The highest BCUT2D eigenvalue weighted by atomic mass is 80.0. The summed E-state index contributed by atoms with van der Waals surface area (Å²) in [7, 11) is 0. The molecule has 1 aliphatic heterocycles. The molecule has 2 N–H and O–H groups in total. The number of fused-ring (bicyclic) bond motifs is 1. The minimum atomic E-state index is -3.40. The Morgan fingerprint density at radius 3 is 1.80 bits per heavy atom. The SMILES string of the molecule is CC1NC(C)c2ccccc21.[O-][Br+2]([O-])O. The van der Waals surface area contributed by atoms with Crippen molar-refractivity contribution in [2.75, 3.05) is 0 Å². The Morgan fingerprint density at radius 1 is 1.13 bits per heavy atom. The van der Waals surface area contributed by atoms with Gasteiger partial charge in [-0.05, 0) is 29.2 Å². The van der Waals surface area contributed by atoms with E-state index in [-0.39, 0.29) is 0 Å². The van der Waals surface area contributed by atoms with Crippen molar-refractivity contribution in [2.45, 2.75) is 25.9 Å². The number of hydrogen-bond donors (Lipinski definition) is 2. The van der Waals surface area contributed by atoms with Crippen LogP contribution in [0.15, 0.2) is 24.3 Å². The van der Waals surface area contributed by atoms with Crippen molar-refractivity contribution in [1.29, 1.82) is 0 Å². The van der Waals surface area contributed by atoms with Gasteiger partial charge in [0.25, 0.3) is 0 Å². The van der Waals surface area contributed by atoms with E-state index in [1.807, 2.05) is 0 Å². The van der Waals surface area contributed by atoms with Gasteiger partial charge in [-0.3, -0.25) is 0 Å². The van der Waals surface area contributed by atoms with Gasteiger partial charge in [0.1, 0.15) is 0 Å². The molecule has 1 aliphatic rings. The number of halogens is 1. The van der Waals surface area contributed by atoms with Crippen LogP contribution >= 0.6 is 0 Å². The molecule has 1 aromatic rings. The maximum Gasteiger partial charge on any atom is 0.433 e. The summed E-state index contributed by atoms with van der Waals surface area (Å²) in [6, 6.07) is 9.68. The molecule has 0 amide bonds. The van der Waals surface area contributed by atoms with Crippen LogP contribution in [0.25, 0.3) is 0 Å². The molecule has 0 saturated heterocycles. The highest BCUT2D eigenvalue weighted by molar-refractivity contribution is 5.36. The Morgan fingerprint density at radius 2 is 1.47 bits per heavy atom. The molecule has 0 spiro atoms. The third-order valence-corrected chi connectivity index (χ3v) is 2.43. The molecule has 5 heteroatoms. The fourth-order valence-corrected chi connectivity index (χ4v) is 1.85. The number of benzene rings is 1. The first kappa shape index (κ1) is 12.6.